The van der Waals surface area contributed by atoms with Crippen LogP contribution in [-0.4, -0.2) is 50.4 Å². The van der Waals surface area contributed by atoms with Gasteiger partial charge in [-0.25, -0.2) is 4.68 Å². The zero-order chi connectivity index (χ0) is 27.0. The van der Waals surface area contributed by atoms with Crippen molar-refractivity contribution in [1.29, 1.82) is 0 Å². The second-order valence-electron chi connectivity index (χ2n) is 9.35. The van der Waals surface area contributed by atoms with Crippen LogP contribution in [0.15, 0.2) is 83.7 Å². The van der Waals surface area contributed by atoms with E-state index in [1.54, 1.807) is 11.8 Å². The van der Waals surface area contributed by atoms with Crippen LogP contribution in [0.4, 0.5) is 0 Å². The van der Waals surface area contributed by atoms with E-state index in [1.807, 2.05) is 73.7 Å². The monoisotopic (exact) mass is 524 g/mol. The summed E-state index contributed by atoms with van der Waals surface area (Å²) in [5, 5.41) is 13.4. The standard InChI is InChI=1S/C30H32N6O3/c1-3-39-27-13-14-28-24(18-27)17-25(30(37)31-28)20-35(16-15-22-7-5-4-6-8-22)21-29-32-33-34-36(29)19-23-9-11-26(38-2)12-10-23/h4-14,17-18H,3,15-16,19-21H2,1-2H3,(H,31,37). The van der Waals surface area contributed by atoms with Gasteiger partial charge in [0.2, 0.25) is 0 Å². The van der Waals surface area contributed by atoms with Gasteiger partial charge in [-0.1, -0.05) is 42.5 Å². The van der Waals surface area contributed by atoms with Gasteiger partial charge < -0.3 is 14.5 Å². The molecule has 0 aliphatic rings. The fourth-order valence-corrected chi connectivity index (χ4v) is 4.55. The van der Waals surface area contributed by atoms with Crippen LogP contribution < -0.4 is 15.0 Å². The number of rotatable bonds is 12. The van der Waals surface area contributed by atoms with E-state index in [0.717, 1.165) is 46.8 Å². The minimum atomic E-state index is -0.103. The number of aromatic amines is 1. The van der Waals surface area contributed by atoms with E-state index in [9.17, 15) is 4.79 Å². The third kappa shape index (κ3) is 6.69. The van der Waals surface area contributed by atoms with Gasteiger partial charge >= 0.3 is 0 Å². The first-order chi connectivity index (χ1) is 19.1. The number of ether oxygens (including phenoxy) is 2. The summed E-state index contributed by atoms with van der Waals surface area (Å²) in [4.78, 5) is 18.3. The first-order valence-corrected chi connectivity index (χ1v) is 13.0. The molecule has 0 amide bonds. The van der Waals surface area contributed by atoms with Gasteiger partial charge in [-0.15, -0.1) is 5.10 Å². The van der Waals surface area contributed by atoms with Crippen molar-refractivity contribution in [2.24, 2.45) is 0 Å². The molecule has 9 heteroatoms. The Balaban J connectivity index is 1.39. The van der Waals surface area contributed by atoms with Crippen LogP contribution in [0.1, 0.15) is 29.4 Å². The highest BCUT2D eigenvalue weighted by molar-refractivity contribution is 5.80. The van der Waals surface area contributed by atoms with Crippen LogP contribution in [-0.2, 0) is 26.1 Å². The molecule has 0 aliphatic carbocycles. The molecule has 0 radical (unpaired) electrons. The Morgan fingerprint density at radius 2 is 1.72 bits per heavy atom. The molecule has 0 saturated carbocycles. The largest absolute Gasteiger partial charge is 0.497 e. The summed E-state index contributed by atoms with van der Waals surface area (Å²) < 4.78 is 12.7. The molecular formula is C30H32N6O3. The zero-order valence-corrected chi connectivity index (χ0v) is 22.2. The molecular weight excluding hydrogens is 492 g/mol. The molecule has 0 atom stereocenters. The molecule has 3 aromatic carbocycles. The molecule has 0 saturated heterocycles. The van der Waals surface area contributed by atoms with Crippen LogP contribution in [0.25, 0.3) is 10.9 Å². The molecule has 200 valence electrons. The van der Waals surface area contributed by atoms with Crippen molar-refractivity contribution in [3.8, 4) is 11.5 Å². The van der Waals surface area contributed by atoms with Crippen molar-refractivity contribution in [2.75, 3.05) is 20.3 Å². The average Bonchev–Trinajstić information content (AvgIpc) is 3.39. The van der Waals surface area contributed by atoms with Crippen molar-refractivity contribution in [2.45, 2.75) is 33.0 Å². The van der Waals surface area contributed by atoms with E-state index in [4.69, 9.17) is 9.47 Å². The Hall–Kier alpha value is -4.50. The fraction of sp³-hybridized carbons (Fsp3) is 0.267. The molecule has 0 spiro atoms. The molecule has 0 aliphatic heterocycles. The predicted octanol–water partition coefficient (Wildman–Crippen LogP) is 4.22. The van der Waals surface area contributed by atoms with Crippen LogP contribution >= 0.6 is 0 Å². The van der Waals surface area contributed by atoms with Crippen LogP contribution in [0.3, 0.4) is 0 Å². The van der Waals surface area contributed by atoms with E-state index < -0.39 is 0 Å². The summed E-state index contributed by atoms with van der Waals surface area (Å²) >= 11 is 0. The average molecular weight is 525 g/mol. The number of aromatic nitrogens is 5. The van der Waals surface area contributed by atoms with Gasteiger partial charge in [0.25, 0.3) is 5.56 Å². The highest BCUT2D eigenvalue weighted by Crippen LogP contribution is 2.20. The zero-order valence-electron chi connectivity index (χ0n) is 22.2. The Bertz CT molecular complexity index is 1560. The van der Waals surface area contributed by atoms with E-state index in [2.05, 4.69) is 37.5 Å². The van der Waals surface area contributed by atoms with E-state index in [1.165, 1.54) is 5.56 Å². The number of tetrazole rings is 1. The Morgan fingerprint density at radius 3 is 2.49 bits per heavy atom. The van der Waals surface area contributed by atoms with Crippen molar-refractivity contribution < 1.29 is 9.47 Å². The number of hydrogen-bond acceptors (Lipinski definition) is 7. The van der Waals surface area contributed by atoms with Gasteiger partial charge in [0.05, 0.1) is 26.8 Å². The predicted molar refractivity (Wildman–Crippen MR) is 150 cm³/mol. The number of fused-ring (bicyclic) bond motifs is 1. The number of benzene rings is 3. The minimum Gasteiger partial charge on any atom is -0.497 e. The molecule has 5 aromatic rings. The SMILES string of the molecule is CCOc1ccc2[nH]c(=O)c(CN(CCc3ccccc3)Cc3nnnn3Cc3ccc(OC)cc3)cc2c1. The number of nitrogens with one attached hydrogen (secondary N) is 1. The molecule has 0 unspecified atom stereocenters. The summed E-state index contributed by atoms with van der Waals surface area (Å²) in [5.74, 6) is 2.31. The van der Waals surface area contributed by atoms with E-state index >= 15 is 0 Å². The first kappa shape index (κ1) is 26.1. The topological polar surface area (TPSA) is 98.2 Å². The van der Waals surface area contributed by atoms with Gasteiger partial charge in [0.1, 0.15) is 11.5 Å². The smallest absolute Gasteiger partial charge is 0.252 e. The molecule has 39 heavy (non-hydrogen) atoms. The molecule has 2 aromatic heterocycles. The van der Waals surface area contributed by atoms with Crippen LogP contribution in [0.5, 0.6) is 11.5 Å². The van der Waals surface area contributed by atoms with Gasteiger partial charge in [0, 0.05) is 29.6 Å². The van der Waals surface area contributed by atoms with E-state index in [0.29, 0.717) is 31.8 Å². The van der Waals surface area contributed by atoms with Crippen molar-refractivity contribution >= 4 is 10.9 Å². The van der Waals surface area contributed by atoms with Crippen LogP contribution in [0.2, 0.25) is 0 Å². The highest BCUT2D eigenvalue weighted by atomic mass is 16.5. The maximum Gasteiger partial charge on any atom is 0.252 e. The lowest BCUT2D eigenvalue weighted by Crippen LogP contribution is -2.30. The lowest BCUT2D eigenvalue weighted by atomic mass is 10.1. The second kappa shape index (κ2) is 12.4. The van der Waals surface area contributed by atoms with Gasteiger partial charge in [-0.05, 0) is 71.3 Å². The maximum atomic E-state index is 13.0. The summed E-state index contributed by atoms with van der Waals surface area (Å²) in [6, 6.07) is 25.8. The number of pyridine rings is 1. The quantitative estimate of drug-likeness (QED) is 0.261. The fourth-order valence-electron chi connectivity index (χ4n) is 4.55. The number of H-pyrrole nitrogens is 1. The first-order valence-electron chi connectivity index (χ1n) is 13.0. The second-order valence-corrected chi connectivity index (χ2v) is 9.35. The highest BCUT2D eigenvalue weighted by Gasteiger charge is 2.16. The third-order valence-corrected chi connectivity index (χ3v) is 6.62. The number of nitrogens with zero attached hydrogens (tertiary/aromatic N) is 5. The summed E-state index contributed by atoms with van der Waals surface area (Å²) in [6.45, 7) is 4.75. The molecule has 0 fully saturated rings. The molecule has 9 nitrogen and oxygen atoms in total. The lowest BCUT2D eigenvalue weighted by molar-refractivity contribution is 0.248. The molecule has 5 rings (SSSR count). The Morgan fingerprint density at radius 1 is 0.923 bits per heavy atom. The molecule has 0 bridgehead atoms. The molecule has 1 N–H and O–H groups in total. The van der Waals surface area contributed by atoms with Gasteiger partial charge in [-0.2, -0.15) is 0 Å². The normalized spacial score (nSPS) is 11.3. The van der Waals surface area contributed by atoms with Crippen molar-refractivity contribution in [3.63, 3.8) is 0 Å². The van der Waals surface area contributed by atoms with E-state index in [-0.39, 0.29) is 5.56 Å². The van der Waals surface area contributed by atoms with Crippen molar-refractivity contribution in [1.82, 2.24) is 30.1 Å². The lowest BCUT2D eigenvalue weighted by Gasteiger charge is -2.22. The van der Waals surface area contributed by atoms with Crippen molar-refractivity contribution in [3.05, 3.63) is 112 Å². The van der Waals surface area contributed by atoms with Gasteiger partial charge in [0.15, 0.2) is 5.82 Å². The Labute approximate surface area is 227 Å². The van der Waals surface area contributed by atoms with Gasteiger partial charge in [-0.3, -0.25) is 9.69 Å². The third-order valence-electron chi connectivity index (χ3n) is 6.62. The summed E-state index contributed by atoms with van der Waals surface area (Å²) in [7, 11) is 1.65. The summed E-state index contributed by atoms with van der Waals surface area (Å²) in [6.07, 6.45) is 0.834. The molecule has 2 heterocycles. The minimum absolute atomic E-state index is 0.103. The number of hydrogen-bond donors (Lipinski definition) is 1. The maximum absolute atomic E-state index is 13.0. The summed E-state index contributed by atoms with van der Waals surface area (Å²) in [5.41, 5.74) is 3.66. The number of methoxy groups -OCH3 is 1. The van der Waals surface area contributed by atoms with Crippen LogP contribution in [0, 0.1) is 0 Å². The Kier molecular flexibility index (Phi) is 8.28.